The van der Waals surface area contributed by atoms with E-state index in [4.69, 9.17) is 18.9 Å². The molecule has 0 aliphatic rings. The highest BCUT2D eigenvalue weighted by Gasteiger charge is 2.12. The van der Waals surface area contributed by atoms with Crippen LogP contribution in [0.15, 0.2) is 117 Å². The summed E-state index contributed by atoms with van der Waals surface area (Å²) in [5.41, 5.74) is 0.492. The predicted molar refractivity (Wildman–Crippen MR) is 192 cm³/mol. The highest BCUT2D eigenvalue weighted by atomic mass is 16.5. The van der Waals surface area contributed by atoms with Crippen molar-refractivity contribution in [2.24, 2.45) is 10.2 Å². The van der Waals surface area contributed by atoms with Crippen molar-refractivity contribution in [3.63, 3.8) is 0 Å². The van der Waals surface area contributed by atoms with Gasteiger partial charge in [0, 0.05) is 0 Å². The molecule has 4 aromatic carbocycles. The maximum Gasteiger partial charge on any atom is 0.343 e. The van der Waals surface area contributed by atoms with Crippen LogP contribution >= 0.6 is 0 Å². The van der Waals surface area contributed by atoms with E-state index >= 15 is 0 Å². The number of benzene rings is 2. The summed E-state index contributed by atoms with van der Waals surface area (Å²) >= 11 is 0. The minimum absolute atomic E-state index is 0.106. The van der Waals surface area contributed by atoms with Crippen molar-refractivity contribution in [1.82, 2.24) is 0 Å². The van der Waals surface area contributed by atoms with Crippen molar-refractivity contribution in [1.29, 1.82) is 0 Å². The van der Waals surface area contributed by atoms with Crippen LogP contribution in [0.4, 0.5) is 11.4 Å². The van der Waals surface area contributed by atoms with Gasteiger partial charge in [-0.15, -0.1) is 0 Å². The van der Waals surface area contributed by atoms with Gasteiger partial charge in [-0.05, 0) is 110 Å². The largest absolute Gasteiger partial charge is 0.494 e. The van der Waals surface area contributed by atoms with Gasteiger partial charge >= 0.3 is 11.9 Å². The SMILES string of the molecule is CCCCCCOc1ccc(OC(=O)c2ccc(N=Nc3ccc(C(=O)Oc4ccc(OCCCCCC)ccc4=O)cc3)cc2)c(=O)cc1. The van der Waals surface area contributed by atoms with E-state index in [1.54, 1.807) is 48.5 Å². The summed E-state index contributed by atoms with van der Waals surface area (Å²) in [6, 6.07) is 24.3. The van der Waals surface area contributed by atoms with E-state index in [1.165, 1.54) is 48.5 Å². The summed E-state index contributed by atoms with van der Waals surface area (Å²) in [5.74, 6) is -0.548. The highest BCUT2D eigenvalue weighted by molar-refractivity contribution is 5.92. The molecule has 0 atom stereocenters. The van der Waals surface area contributed by atoms with Crippen LogP contribution in [0.1, 0.15) is 85.9 Å². The predicted octanol–water partition coefficient (Wildman–Crippen LogP) is 9.18. The van der Waals surface area contributed by atoms with Crippen molar-refractivity contribution in [3.8, 4) is 23.0 Å². The Labute approximate surface area is 291 Å². The van der Waals surface area contributed by atoms with Crippen LogP contribution in [0.3, 0.4) is 0 Å². The molecule has 0 saturated heterocycles. The lowest BCUT2D eigenvalue weighted by Gasteiger charge is -2.04. The standard InChI is InChI=1S/C40H42N2O8/c1-3-5-7-9-27-47-33-19-23-35(43)37(25-21-33)49-39(45)29-11-15-31(16-12-29)41-42-32-17-13-30(14-18-32)40(46)50-38-26-22-34(20-24-36(38)44)48-28-10-8-6-4-2/h11-26H,3-10,27-28H2,1-2H3. The number of ether oxygens (including phenoxy) is 4. The lowest BCUT2D eigenvalue weighted by Crippen LogP contribution is -2.13. The van der Waals surface area contributed by atoms with E-state index in [0.29, 0.717) is 36.1 Å². The summed E-state index contributed by atoms with van der Waals surface area (Å²) in [7, 11) is 0. The smallest absolute Gasteiger partial charge is 0.343 e. The minimum Gasteiger partial charge on any atom is -0.494 e. The van der Waals surface area contributed by atoms with Crippen LogP contribution < -0.4 is 29.8 Å². The van der Waals surface area contributed by atoms with Crippen LogP contribution in [-0.4, -0.2) is 25.2 Å². The number of carbonyl (C=O) groups is 2. The second-order valence-corrected chi connectivity index (χ2v) is 11.5. The third-order valence-electron chi connectivity index (χ3n) is 7.51. The molecule has 0 N–H and O–H groups in total. The molecular weight excluding hydrogens is 636 g/mol. The Morgan fingerprint density at radius 2 is 0.860 bits per heavy atom. The highest BCUT2D eigenvalue weighted by Crippen LogP contribution is 2.21. The Hall–Kier alpha value is -5.64. The Morgan fingerprint density at radius 1 is 0.480 bits per heavy atom. The second kappa shape index (κ2) is 20.0. The van der Waals surface area contributed by atoms with Crippen LogP contribution in [0.5, 0.6) is 23.0 Å². The fourth-order valence-corrected chi connectivity index (χ4v) is 4.63. The summed E-state index contributed by atoms with van der Waals surface area (Å²) in [4.78, 5) is 50.4. The molecule has 0 bridgehead atoms. The first kappa shape index (κ1) is 37.2. The second-order valence-electron chi connectivity index (χ2n) is 11.5. The van der Waals surface area contributed by atoms with Crippen molar-refractivity contribution < 1.29 is 28.5 Å². The van der Waals surface area contributed by atoms with Gasteiger partial charge in [-0.25, -0.2) is 9.59 Å². The van der Waals surface area contributed by atoms with Gasteiger partial charge in [-0.3, -0.25) is 9.59 Å². The fourth-order valence-electron chi connectivity index (χ4n) is 4.63. The number of hydrogen-bond acceptors (Lipinski definition) is 10. The topological polar surface area (TPSA) is 130 Å². The lowest BCUT2D eigenvalue weighted by molar-refractivity contribution is 0.0723. The molecule has 0 spiro atoms. The van der Waals surface area contributed by atoms with Crippen LogP contribution in [0, 0.1) is 0 Å². The first-order chi connectivity index (χ1) is 24.4. The van der Waals surface area contributed by atoms with Gasteiger partial charge < -0.3 is 18.9 Å². The molecule has 4 rings (SSSR count). The Morgan fingerprint density at radius 3 is 1.24 bits per heavy atom. The molecule has 0 radical (unpaired) electrons. The van der Waals surface area contributed by atoms with E-state index in [2.05, 4.69) is 24.1 Å². The quantitative estimate of drug-likeness (QED) is 0.0579. The van der Waals surface area contributed by atoms with Gasteiger partial charge in [-0.2, -0.15) is 10.2 Å². The van der Waals surface area contributed by atoms with E-state index in [1.807, 2.05) is 0 Å². The normalized spacial score (nSPS) is 10.8. The molecule has 0 heterocycles. The number of esters is 2. The number of azo groups is 1. The first-order valence-corrected chi connectivity index (χ1v) is 17.0. The third-order valence-corrected chi connectivity index (χ3v) is 7.51. The Kier molecular flexibility index (Phi) is 14.9. The number of rotatable bonds is 18. The maximum atomic E-state index is 12.7. The molecule has 50 heavy (non-hydrogen) atoms. The maximum absolute atomic E-state index is 12.7. The monoisotopic (exact) mass is 678 g/mol. The van der Waals surface area contributed by atoms with Gasteiger partial charge in [0.15, 0.2) is 11.5 Å². The molecule has 10 nitrogen and oxygen atoms in total. The molecule has 0 aliphatic carbocycles. The molecule has 10 heteroatoms. The van der Waals surface area contributed by atoms with Crippen LogP contribution in [-0.2, 0) is 0 Å². The van der Waals surface area contributed by atoms with E-state index in [0.717, 1.165) is 51.4 Å². The van der Waals surface area contributed by atoms with E-state index < -0.39 is 22.8 Å². The summed E-state index contributed by atoms with van der Waals surface area (Å²) in [5, 5.41) is 8.36. The van der Waals surface area contributed by atoms with Gasteiger partial charge in [0.25, 0.3) is 0 Å². The molecule has 0 saturated carbocycles. The number of unbranched alkanes of at least 4 members (excludes halogenated alkanes) is 6. The summed E-state index contributed by atoms with van der Waals surface area (Å²) < 4.78 is 22.1. The molecule has 0 fully saturated rings. The molecule has 0 amide bonds. The van der Waals surface area contributed by atoms with Crippen molar-refractivity contribution in [2.45, 2.75) is 65.2 Å². The van der Waals surface area contributed by atoms with Gasteiger partial charge in [0.2, 0.25) is 10.9 Å². The fraction of sp³-hybridized carbons (Fsp3) is 0.300. The molecule has 260 valence electrons. The van der Waals surface area contributed by atoms with Crippen molar-refractivity contribution in [3.05, 3.63) is 129 Å². The van der Waals surface area contributed by atoms with Crippen LogP contribution in [0.2, 0.25) is 0 Å². The van der Waals surface area contributed by atoms with E-state index in [-0.39, 0.29) is 22.6 Å². The first-order valence-electron chi connectivity index (χ1n) is 17.0. The van der Waals surface area contributed by atoms with Gasteiger partial charge in [0.1, 0.15) is 11.5 Å². The Bertz CT molecular complexity index is 1720. The number of carbonyl (C=O) groups excluding carboxylic acids is 2. The zero-order valence-electron chi connectivity index (χ0n) is 28.5. The van der Waals surface area contributed by atoms with Crippen LogP contribution in [0.25, 0.3) is 0 Å². The molecule has 0 aliphatic heterocycles. The molecule has 4 aromatic rings. The Balaban J connectivity index is 1.29. The lowest BCUT2D eigenvalue weighted by atomic mass is 10.2. The molecule has 0 unspecified atom stereocenters. The summed E-state index contributed by atoms with van der Waals surface area (Å²) in [6.07, 6.45) is 8.56. The number of nitrogens with zero attached hydrogens (tertiary/aromatic N) is 2. The third kappa shape index (κ3) is 12.1. The zero-order chi connectivity index (χ0) is 35.6. The minimum atomic E-state index is -0.693. The average molecular weight is 679 g/mol. The molecular formula is C40H42N2O8. The summed E-state index contributed by atoms with van der Waals surface area (Å²) in [6.45, 7) is 5.38. The average Bonchev–Trinajstić information content (AvgIpc) is 3.42. The van der Waals surface area contributed by atoms with Gasteiger partial charge in [0.05, 0.1) is 35.7 Å². The number of hydrogen-bond donors (Lipinski definition) is 0. The van der Waals surface area contributed by atoms with Crippen molar-refractivity contribution in [2.75, 3.05) is 13.2 Å². The zero-order valence-corrected chi connectivity index (χ0v) is 28.5. The van der Waals surface area contributed by atoms with Gasteiger partial charge in [-0.1, -0.05) is 52.4 Å². The van der Waals surface area contributed by atoms with Crippen molar-refractivity contribution >= 4 is 23.3 Å². The molecule has 0 aromatic heterocycles. The van der Waals surface area contributed by atoms with E-state index in [9.17, 15) is 19.2 Å².